The molecular weight excluding hydrogens is 440 g/mol. The van der Waals surface area contributed by atoms with Crippen LogP contribution >= 0.6 is 11.6 Å². The summed E-state index contributed by atoms with van der Waals surface area (Å²) in [4.78, 5) is 12.9. The van der Waals surface area contributed by atoms with Crippen LogP contribution in [0.15, 0.2) is 35.2 Å². The highest BCUT2D eigenvalue weighted by molar-refractivity contribution is 7.89. The average Bonchev–Trinajstić information content (AvgIpc) is 3.27. The molecule has 1 N–H and O–H groups in total. The number of ether oxygens (including phenoxy) is 2. The molecule has 1 heterocycles. The van der Waals surface area contributed by atoms with Crippen molar-refractivity contribution in [2.24, 2.45) is 0 Å². The van der Waals surface area contributed by atoms with E-state index in [9.17, 15) is 13.2 Å². The largest absolute Gasteiger partial charge is 0.495 e. The standard InChI is InChI=1S/C22H27ClN2O5S/c1-14-11-17(12-15(2)21(14)23)30-16(3)22(26)24-19-13-18(7-8-20(19)29-4)31(27,28)25-9-5-6-10-25/h7-8,11-13,16H,5-6,9-10H2,1-4H3,(H,24,26)/t16-/m1/s1. The van der Waals surface area contributed by atoms with Gasteiger partial charge in [0, 0.05) is 18.1 Å². The second kappa shape index (κ2) is 9.46. The summed E-state index contributed by atoms with van der Waals surface area (Å²) in [6.45, 7) is 6.35. The van der Waals surface area contributed by atoms with Crippen molar-refractivity contribution in [1.82, 2.24) is 4.31 Å². The lowest BCUT2D eigenvalue weighted by atomic mass is 10.1. The molecule has 1 atom stereocenters. The maximum atomic E-state index is 12.9. The zero-order chi connectivity index (χ0) is 22.8. The Hall–Kier alpha value is -2.29. The number of benzene rings is 2. The molecule has 1 fully saturated rings. The zero-order valence-corrected chi connectivity index (χ0v) is 19.6. The van der Waals surface area contributed by atoms with E-state index in [2.05, 4.69) is 5.32 Å². The summed E-state index contributed by atoms with van der Waals surface area (Å²) in [5.41, 5.74) is 1.98. The van der Waals surface area contributed by atoms with Gasteiger partial charge < -0.3 is 14.8 Å². The van der Waals surface area contributed by atoms with Gasteiger partial charge in [0.1, 0.15) is 11.5 Å². The van der Waals surface area contributed by atoms with Crippen molar-refractivity contribution in [2.75, 3.05) is 25.5 Å². The molecule has 3 rings (SSSR count). The lowest BCUT2D eigenvalue weighted by Gasteiger charge is -2.19. The summed E-state index contributed by atoms with van der Waals surface area (Å²) in [7, 11) is -2.16. The van der Waals surface area contributed by atoms with Crippen molar-refractivity contribution >= 4 is 33.2 Å². The first-order valence-corrected chi connectivity index (χ1v) is 11.9. The Bertz CT molecular complexity index is 1060. The third-order valence-corrected chi connectivity index (χ3v) is 7.71. The van der Waals surface area contributed by atoms with Crippen LogP contribution in [0.2, 0.25) is 5.02 Å². The Morgan fingerprint density at radius 1 is 1.13 bits per heavy atom. The smallest absolute Gasteiger partial charge is 0.265 e. The van der Waals surface area contributed by atoms with E-state index in [-0.39, 0.29) is 10.6 Å². The summed E-state index contributed by atoms with van der Waals surface area (Å²) >= 11 is 6.19. The van der Waals surface area contributed by atoms with Crippen LogP contribution in [0, 0.1) is 13.8 Å². The number of methoxy groups -OCH3 is 1. The van der Waals surface area contributed by atoms with E-state index in [1.54, 1.807) is 19.1 Å². The number of sulfonamides is 1. The van der Waals surface area contributed by atoms with E-state index < -0.39 is 22.0 Å². The topological polar surface area (TPSA) is 84.9 Å². The van der Waals surface area contributed by atoms with Crippen LogP contribution in [0.4, 0.5) is 5.69 Å². The first-order valence-electron chi connectivity index (χ1n) is 10.1. The molecule has 0 aromatic heterocycles. The fourth-order valence-corrected chi connectivity index (χ4v) is 5.14. The number of aryl methyl sites for hydroxylation is 2. The Balaban J connectivity index is 1.79. The SMILES string of the molecule is COc1ccc(S(=O)(=O)N2CCCC2)cc1NC(=O)[C@@H](C)Oc1cc(C)c(Cl)c(C)c1. The molecule has 0 saturated carbocycles. The molecule has 168 valence electrons. The molecule has 9 heteroatoms. The van der Waals surface area contributed by atoms with E-state index in [0.717, 1.165) is 24.0 Å². The normalized spacial score (nSPS) is 15.5. The van der Waals surface area contributed by atoms with Crippen molar-refractivity contribution in [1.29, 1.82) is 0 Å². The number of nitrogens with zero attached hydrogens (tertiary/aromatic N) is 1. The molecule has 7 nitrogen and oxygen atoms in total. The third kappa shape index (κ3) is 5.14. The van der Waals surface area contributed by atoms with E-state index in [1.807, 2.05) is 13.8 Å². The van der Waals surface area contributed by atoms with Crippen LogP contribution in [-0.4, -0.2) is 44.9 Å². The third-order valence-electron chi connectivity index (χ3n) is 5.22. The molecule has 1 aliphatic heterocycles. The molecule has 0 radical (unpaired) electrons. The van der Waals surface area contributed by atoms with Gasteiger partial charge in [-0.1, -0.05) is 11.6 Å². The van der Waals surface area contributed by atoms with Gasteiger partial charge in [-0.3, -0.25) is 4.79 Å². The fourth-order valence-electron chi connectivity index (χ4n) is 3.49. The molecule has 1 saturated heterocycles. The molecule has 0 unspecified atom stereocenters. The highest BCUT2D eigenvalue weighted by atomic mass is 35.5. The number of anilines is 1. The average molecular weight is 467 g/mol. The second-order valence-electron chi connectivity index (χ2n) is 7.59. The molecule has 1 aliphatic rings. The predicted octanol–water partition coefficient (Wildman–Crippen LogP) is 4.16. The minimum absolute atomic E-state index is 0.114. The minimum atomic E-state index is -3.62. The van der Waals surface area contributed by atoms with E-state index in [0.29, 0.717) is 29.6 Å². The molecule has 31 heavy (non-hydrogen) atoms. The molecular formula is C22H27ClN2O5S. The molecule has 2 aromatic rings. The Morgan fingerprint density at radius 3 is 2.32 bits per heavy atom. The summed E-state index contributed by atoms with van der Waals surface area (Å²) in [5, 5.41) is 3.38. The Morgan fingerprint density at radius 2 is 1.74 bits per heavy atom. The predicted molar refractivity (Wildman–Crippen MR) is 121 cm³/mol. The van der Waals surface area contributed by atoms with Gasteiger partial charge in [-0.2, -0.15) is 4.31 Å². The number of hydrogen-bond donors (Lipinski definition) is 1. The van der Waals surface area contributed by atoms with Gasteiger partial charge >= 0.3 is 0 Å². The van der Waals surface area contributed by atoms with Gasteiger partial charge in [-0.25, -0.2) is 8.42 Å². The molecule has 2 aromatic carbocycles. The fraction of sp³-hybridized carbons (Fsp3) is 0.409. The summed E-state index contributed by atoms with van der Waals surface area (Å²) < 4.78 is 38.3. The lowest BCUT2D eigenvalue weighted by molar-refractivity contribution is -0.122. The Labute approximate surface area is 188 Å². The molecule has 0 bridgehead atoms. The van der Waals surface area contributed by atoms with Crippen LogP contribution in [-0.2, 0) is 14.8 Å². The van der Waals surface area contributed by atoms with Gasteiger partial charge in [0.15, 0.2) is 6.10 Å². The van der Waals surface area contributed by atoms with Crippen molar-refractivity contribution in [3.63, 3.8) is 0 Å². The minimum Gasteiger partial charge on any atom is -0.495 e. The number of carbonyl (C=O) groups is 1. The maximum absolute atomic E-state index is 12.9. The first-order chi connectivity index (χ1) is 14.6. The van der Waals surface area contributed by atoms with Crippen molar-refractivity contribution in [3.05, 3.63) is 46.5 Å². The van der Waals surface area contributed by atoms with Crippen molar-refractivity contribution in [2.45, 2.75) is 44.6 Å². The lowest BCUT2D eigenvalue weighted by Crippen LogP contribution is -2.31. The Kier molecular flexibility index (Phi) is 7.13. The second-order valence-corrected chi connectivity index (χ2v) is 9.91. The van der Waals surface area contributed by atoms with Gasteiger partial charge in [-0.15, -0.1) is 0 Å². The van der Waals surface area contributed by atoms with E-state index >= 15 is 0 Å². The zero-order valence-electron chi connectivity index (χ0n) is 18.1. The highest BCUT2D eigenvalue weighted by Gasteiger charge is 2.28. The number of nitrogens with one attached hydrogen (secondary N) is 1. The van der Waals surface area contributed by atoms with Gasteiger partial charge in [0.2, 0.25) is 10.0 Å². The van der Waals surface area contributed by atoms with Gasteiger partial charge in [-0.05, 0) is 75.1 Å². The number of amides is 1. The van der Waals surface area contributed by atoms with E-state index in [1.165, 1.54) is 29.6 Å². The monoisotopic (exact) mass is 466 g/mol. The highest BCUT2D eigenvalue weighted by Crippen LogP contribution is 2.31. The van der Waals surface area contributed by atoms with Crippen LogP contribution < -0.4 is 14.8 Å². The maximum Gasteiger partial charge on any atom is 0.265 e. The van der Waals surface area contributed by atoms with Gasteiger partial charge in [0.05, 0.1) is 17.7 Å². The number of halogens is 1. The van der Waals surface area contributed by atoms with Gasteiger partial charge in [0.25, 0.3) is 5.91 Å². The summed E-state index contributed by atoms with van der Waals surface area (Å²) in [6, 6.07) is 7.98. The van der Waals surface area contributed by atoms with E-state index in [4.69, 9.17) is 21.1 Å². The first kappa shape index (κ1) is 23.4. The van der Waals surface area contributed by atoms with Crippen molar-refractivity contribution < 1.29 is 22.7 Å². The number of carbonyl (C=O) groups excluding carboxylic acids is 1. The quantitative estimate of drug-likeness (QED) is 0.662. The summed E-state index contributed by atoms with van der Waals surface area (Å²) in [6.07, 6.45) is 0.859. The summed E-state index contributed by atoms with van der Waals surface area (Å²) in [5.74, 6) is 0.456. The number of rotatable bonds is 7. The van der Waals surface area contributed by atoms with Crippen LogP contribution in [0.3, 0.4) is 0 Å². The number of hydrogen-bond acceptors (Lipinski definition) is 5. The molecule has 1 amide bonds. The van der Waals surface area contributed by atoms with Crippen molar-refractivity contribution in [3.8, 4) is 11.5 Å². The molecule has 0 aliphatic carbocycles. The van der Waals surface area contributed by atoms with Crippen LogP contribution in [0.25, 0.3) is 0 Å². The van der Waals surface area contributed by atoms with Crippen LogP contribution in [0.5, 0.6) is 11.5 Å². The van der Waals surface area contributed by atoms with Crippen LogP contribution in [0.1, 0.15) is 30.9 Å². The molecule has 0 spiro atoms.